The molecule has 1 saturated heterocycles. The summed E-state index contributed by atoms with van der Waals surface area (Å²) >= 11 is 0. The van der Waals surface area contributed by atoms with Gasteiger partial charge < -0.3 is 20.3 Å². The number of nitrogens with zero attached hydrogens (tertiary/aromatic N) is 3. The van der Waals surface area contributed by atoms with Crippen LogP contribution in [0.15, 0.2) is 54.9 Å². The van der Waals surface area contributed by atoms with Gasteiger partial charge in [0.1, 0.15) is 24.0 Å². The lowest BCUT2D eigenvalue weighted by atomic mass is 10.1. The maximum Gasteiger partial charge on any atom is 0.409 e. The van der Waals surface area contributed by atoms with E-state index in [1.165, 1.54) is 12.1 Å². The van der Waals surface area contributed by atoms with E-state index < -0.39 is 36.2 Å². The summed E-state index contributed by atoms with van der Waals surface area (Å²) in [5.74, 6) is -2.79. The highest BCUT2D eigenvalue weighted by Crippen LogP contribution is 2.29. The molecule has 1 atom stereocenters. The number of benzene rings is 2. The van der Waals surface area contributed by atoms with Crippen LogP contribution in [0.4, 0.5) is 43.9 Å². The normalized spacial score (nSPS) is 14.0. The molecule has 2 aromatic carbocycles. The van der Waals surface area contributed by atoms with Gasteiger partial charge in [0.2, 0.25) is 11.8 Å². The van der Waals surface area contributed by atoms with Crippen molar-refractivity contribution < 1.29 is 36.3 Å². The largest absolute Gasteiger partial charge is 0.436 e. The van der Waals surface area contributed by atoms with Crippen LogP contribution in [0.3, 0.4) is 0 Å². The third kappa shape index (κ3) is 7.75. The van der Waals surface area contributed by atoms with Gasteiger partial charge in [0.15, 0.2) is 11.6 Å². The second kappa shape index (κ2) is 11.9. The summed E-state index contributed by atoms with van der Waals surface area (Å²) in [6.45, 7) is 1.27. The number of carbonyl (C=O) groups excluding carboxylic acids is 2. The smallest absolute Gasteiger partial charge is 0.409 e. The molecule has 0 saturated carbocycles. The molecule has 3 amide bonds. The van der Waals surface area contributed by atoms with Crippen molar-refractivity contribution in [2.24, 2.45) is 0 Å². The molecule has 0 aliphatic carbocycles. The third-order valence-electron chi connectivity index (χ3n) is 5.67. The van der Waals surface area contributed by atoms with E-state index in [1.807, 2.05) is 0 Å². The molecule has 0 bridgehead atoms. The van der Waals surface area contributed by atoms with Crippen LogP contribution in [0.5, 0.6) is 11.6 Å². The van der Waals surface area contributed by atoms with Gasteiger partial charge in [0.05, 0.1) is 6.42 Å². The van der Waals surface area contributed by atoms with Crippen LogP contribution in [0, 0.1) is 11.6 Å². The number of anilines is 3. The minimum absolute atomic E-state index is 0.0254. The molecule has 1 fully saturated rings. The summed E-state index contributed by atoms with van der Waals surface area (Å²) < 4.78 is 73.5. The standard InChI is InChI=1S/C25H23F5N6O3/c26-15-3-5-16(6-4-15)33-20(25(28,29)30)12-22(37)34-17-7-8-19(18(27)11-17)39-23-13-21(31-14-32-23)35-24(38)36-9-1-2-10-36/h3-8,11,13-14,20,33H,1-2,9-10,12H2,(H,34,37)(H,31,32,35,38). The third-order valence-corrected chi connectivity index (χ3v) is 5.67. The van der Waals surface area contributed by atoms with Crippen molar-refractivity contribution in [1.29, 1.82) is 0 Å². The molecule has 3 aromatic rings. The average Bonchev–Trinajstić information content (AvgIpc) is 3.42. The van der Waals surface area contributed by atoms with Gasteiger partial charge in [-0.2, -0.15) is 13.2 Å². The molecule has 2 heterocycles. The number of likely N-dealkylation sites (tertiary alicyclic amines) is 1. The van der Waals surface area contributed by atoms with Gasteiger partial charge >= 0.3 is 12.2 Å². The summed E-state index contributed by atoms with van der Waals surface area (Å²) in [6.07, 6.45) is -2.86. The summed E-state index contributed by atoms with van der Waals surface area (Å²) in [6, 6.07) is 6.17. The van der Waals surface area contributed by atoms with Gasteiger partial charge in [0.25, 0.3) is 0 Å². The van der Waals surface area contributed by atoms with Crippen molar-refractivity contribution in [3.8, 4) is 11.6 Å². The molecule has 206 valence electrons. The van der Waals surface area contributed by atoms with Crippen LogP contribution in [-0.4, -0.2) is 52.1 Å². The summed E-state index contributed by atoms with van der Waals surface area (Å²) in [4.78, 5) is 34.0. The van der Waals surface area contributed by atoms with Crippen LogP contribution < -0.4 is 20.7 Å². The first kappa shape index (κ1) is 27.5. The van der Waals surface area contributed by atoms with Crippen molar-refractivity contribution in [1.82, 2.24) is 14.9 Å². The van der Waals surface area contributed by atoms with Gasteiger partial charge in [0, 0.05) is 36.6 Å². The second-order valence-electron chi connectivity index (χ2n) is 8.61. The lowest BCUT2D eigenvalue weighted by molar-refractivity contribution is -0.148. The van der Waals surface area contributed by atoms with Gasteiger partial charge in [-0.3, -0.25) is 10.1 Å². The minimum atomic E-state index is -4.79. The second-order valence-corrected chi connectivity index (χ2v) is 8.61. The first-order chi connectivity index (χ1) is 18.6. The van der Waals surface area contributed by atoms with Gasteiger partial charge in [-0.05, 0) is 49.2 Å². The van der Waals surface area contributed by atoms with E-state index in [1.54, 1.807) is 4.90 Å². The SMILES string of the molecule is O=C(CC(Nc1ccc(F)cc1)C(F)(F)F)Nc1ccc(Oc2cc(NC(=O)N3CCCC3)ncn2)c(F)c1. The number of aromatic nitrogens is 2. The summed E-state index contributed by atoms with van der Waals surface area (Å²) in [5.41, 5.74) is -0.128. The molecule has 0 radical (unpaired) electrons. The quantitative estimate of drug-likeness (QED) is 0.318. The van der Waals surface area contributed by atoms with Crippen LogP contribution in [-0.2, 0) is 4.79 Å². The Kier molecular flexibility index (Phi) is 8.42. The zero-order valence-electron chi connectivity index (χ0n) is 20.3. The fourth-order valence-electron chi connectivity index (χ4n) is 3.74. The summed E-state index contributed by atoms with van der Waals surface area (Å²) in [5, 5.41) is 6.98. The van der Waals surface area contributed by atoms with Crippen LogP contribution in [0.1, 0.15) is 19.3 Å². The number of nitrogens with one attached hydrogen (secondary N) is 3. The van der Waals surface area contributed by atoms with Crippen molar-refractivity contribution in [2.45, 2.75) is 31.5 Å². The number of halogens is 5. The average molecular weight is 550 g/mol. The van der Waals surface area contributed by atoms with E-state index >= 15 is 0 Å². The number of rotatable bonds is 8. The monoisotopic (exact) mass is 550 g/mol. The van der Waals surface area contributed by atoms with Crippen LogP contribution >= 0.6 is 0 Å². The Hall–Kier alpha value is -4.49. The van der Waals surface area contributed by atoms with Crippen molar-refractivity contribution in [3.05, 3.63) is 66.5 Å². The Bertz CT molecular complexity index is 1320. The summed E-state index contributed by atoms with van der Waals surface area (Å²) in [7, 11) is 0. The fourth-order valence-corrected chi connectivity index (χ4v) is 3.74. The number of amides is 3. The maximum atomic E-state index is 14.7. The number of alkyl halides is 3. The van der Waals surface area contributed by atoms with E-state index in [-0.39, 0.29) is 34.9 Å². The molecule has 9 nitrogen and oxygen atoms in total. The van der Waals surface area contributed by atoms with E-state index in [2.05, 4.69) is 25.9 Å². The van der Waals surface area contributed by atoms with Crippen LogP contribution in [0.25, 0.3) is 0 Å². The fraction of sp³-hybridized carbons (Fsp3) is 0.280. The number of carbonyl (C=O) groups is 2. The molecule has 39 heavy (non-hydrogen) atoms. The Labute approximate surface area is 219 Å². The molecule has 1 aliphatic heterocycles. The Morgan fingerprint density at radius 3 is 2.31 bits per heavy atom. The Balaban J connectivity index is 1.36. The number of ether oxygens (including phenoxy) is 1. The highest BCUT2D eigenvalue weighted by atomic mass is 19.4. The van der Waals surface area contributed by atoms with Gasteiger partial charge in [-0.15, -0.1) is 0 Å². The molecular formula is C25H23F5N6O3. The van der Waals surface area contributed by atoms with E-state index in [0.717, 1.165) is 55.6 Å². The predicted molar refractivity (Wildman–Crippen MR) is 131 cm³/mol. The van der Waals surface area contributed by atoms with Crippen molar-refractivity contribution in [2.75, 3.05) is 29.0 Å². The highest BCUT2D eigenvalue weighted by Gasteiger charge is 2.41. The molecular weight excluding hydrogens is 527 g/mol. The van der Waals surface area contributed by atoms with E-state index in [9.17, 15) is 31.5 Å². The number of hydrogen-bond acceptors (Lipinski definition) is 6. The molecule has 1 aromatic heterocycles. The van der Waals surface area contributed by atoms with Gasteiger partial charge in [-0.25, -0.2) is 23.5 Å². The van der Waals surface area contributed by atoms with E-state index in [0.29, 0.717) is 13.1 Å². The molecule has 0 spiro atoms. The highest BCUT2D eigenvalue weighted by molar-refractivity contribution is 5.91. The van der Waals surface area contributed by atoms with Gasteiger partial charge in [-0.1, -0.05) is 0 Å². The topological polar surface area (TPSA) is 108 Å². The Morgan fingerprint density at radius 1 is 0.949 bits per heavy atom. The maximum absolute atomic E-state index is 14.7. The zero-order valence-corrected chi connectivity index (χ0v) is 20.3. The predicted octanol–water partition coefficient (Wildman–Crippen LogP) is 5.55. The molecule has 1 unspecified atom stereocenters. The zero-order chi connectivity index (χ0) is 28.0. The van der Waals surface area contributed by atoms with Crippen molar-refractivity contribution in [3.63, 3.8) is 0 Å². The molecule has 4 rings (SSSR count). The molecule has 3 N–H and O–H groups in total. The lowest BCUT2D eigenvalue weighted by Crippen LogP contribution is -2.39. The number of hydrogen-bond donors (Lipinski definition) is 3. The first-order valence-electron chi connectivity index (χ1n) is 11.8. The Morgan fingerprint density at radius 2 is 1.64 bits per heavy atom. The van der Waals surface area contributed by atoms with E-state index in [4.69, 9.17) is 4.74 Å². The molecule has 14 heteroatoms. The minimum Gasteiger partial charge on any atom is -0.436 e. The lowest BCUT2D eigenvalue weighted by Gasteiger charge is -2.22. The van der Waals surface area contributed by atoms with Crippen molar-refractivity contribution >= 4 is 29.1 Å². The first-order valence-corrected chi connectivity index (χ1v) is 11.8. The molecule has 1 aliphatic rings. The number of urea groups is 1. The van der Waals surface area contributed by atoms with Crippen LogP contribution in [0.2, 0.25) is 0 Å².